The molecule has 0 bridgehead atoms. The second-order valence-electron chi connectivity index (χ2n) is 6.39. The van der Waals surface area contributed by atoms with Crippen LogP contribution in [0.2, 0.25) is 0 Å². The van der Waals surface area contributed by atoms with Crippen LogP contribution in [0.5, 0.6) is 11.5 Å². The number of nitrogens with one attached hydrogen (secondary N) is 1. The molecule has 0 atom stereocenters. The van der Waals surface area contributed by atoms with Crippen LogP contribution < -0.4 is 14.8 Å². The summed E-state index contributed by atoms with van der Waals surface area (Å²) in [5.74, 6) is 2.06. The number of anilines is 1. The molecule has 3 aromatic rings. The van der Waals surface area contributed by atoms with E-state index in [2.05, 4.69) is 26.2 Å². The number of fused-ring (bicyclic) bond motifs is 1. The number of hydrogen-bond acceptors (Lipinski definition) is 5. The molecule has 140 valence electrons. The van der Waals surface area contributed by atoms with E-state index in [-0.39, 0.29) is 5.91 Å². The number of amides is 1. The summed E-state index contributed by atoms with van der Waals surface area (Å²) < 4.78 is 17.3. The number of benzene rings is 2. The number of carbonyl (C=O) groups excluding carboxylic acids is 1. The largest absolute Gasteiger partial charge is 0.493 e. The van der Waals surface area contributed by atoms with Gasteiger partial charge in [0.1, 0.15) is 5.52 Å². The third kappa shape index (κ3) is 3.64. The van der Waals surface area contributed by atoms with Crippen molar-refractivity contribution in [1.82, 2.24) is 4.98 Å². The molecule has 0 unspecified atom stereocenters. The minimum absolute atomic E-state index is 0.248. The molecule has 1 aliphatic rings. The Hall–Kier alpha value is -2.54. The van der Waals surface area contributed by atoms with Crippen LogP contribution in [-0.4, -0.2) is 24.6 Å². The van der Waals surface area contributed by atoms with Crippen LogP contribution in [0.1, 0.15) is 41.9 Å². The van der Waals surface area contributed by atoms with E-state index >= 15 is 0 Å². The fraction of sp³-hybridized carbons (Fsp3) is 0.300. The summed E-state index contributed by atoms with van der Waals surface area (Å²) in [5.41, 5.74) is 2.61. The van der Waals surface area contributed by atoms with E-state index in [9.17, 15) is 4.79 Å². The summed E-state index contributed by atoms with van der Waals surface area (Å²) in [7, 11) is 1.54. The molecule has 2 aromatic carbocycles. The molecule has 27 heavy (non-hydrogen) atoms. The second kappa shape index (κ2) is 7.23. The van der Waals surface area contributed by atoms with Crippen LogP contribution in [-0.2, 0) is 0 Å². The van der Waals surface area contributed by atoms with Crippen LogP contribution in [0.4, 0.5) is 5.69 Å². The minimum atomic E-state index is -0.248. The Morgan fingerprint density at radius 3 is 2.85 bits per heavy atom. The number of ether oxygens (including phenoxy) is 2. The Morgan fingerprint density at radius 2 is 2.15 bits per heavy atom. The van der Waals surface area contributed by atoms with Crippen LogP contribution in [0.15, 0.2) is 39.2 Å². The molecular formula is C20H19BrN2O4. The number of methoxy groups -OCH3 is 1. The van der Waals surface area contributed by atoms with E-state index in [0.29, 0.717) is 39.7 Å². The normalized spacial score (nSPS) is 13.6. The molecule has 0 saturated heterocycles. The highest BCUT2D eigenvalue weighted by molar-refractivity contribution is 9.10. The lowest BCUT2D eigenvalue weighted by atomic mass is 10.1. The summed E-state index contributed by atoms with van der Waals surface area (Å²) in [5, 5.41) is 2.90. The van der Waals surface area contributed by atoms with Crippen molar-refractivity contribution in [2.45, 2.75) is 25.7 Å². The zero-order valence-corrected chi connectivity index (χ0v) is 16.6. The number of carbonyl (C=O) groups is 1. The van der Waals surface area contributed by atoms with Crippen molar-refractivity contribution < 1.29 is 18.7 Å². The summed E-state index contributed by atoms with van der Waals surface area (Å²) in [4.78, 5) is 17.2. The quantitative estimate of drug-likeness (QED) is 0.586. The van der Waals surface area contributed by atoms with Gasteiger partial charge in [-0.25, -0.2) is 4.98 Å². The highest BCUT2D eigenvalue weighted by Gasteiger charge is 2.29. The van der Waals surface area contributed by atoms with Gasteiger partial charge < -0.3 is 19.2 Å². The third-order valence-electron chi connectivity index (χ3n) is 4.37. The Morgan fingerprint density at radius 1 is 1.33 bits per heavy atom. The fourth-order valence-electron chi connectivity index (χ4n) is 2.87. The van der Waals surface area contributed by atoms with Gasteiger partial charge in [0, 0.05) is 17.2 Å². The Balaban J connectivity index is 1.58. The molecule has 0 spiro atoms. The predicted octanol–water partition coefficient (Wildman–Crippen LogP) is 5.13. The number of oxazole rings is 1. The van der Waals surface area contributed by atoms with E-state index in [1.165, 1.54) is 0 Å². The van der Waals surface area contributed by atoms with Gasteiger partial charge in [-0.3, -0.25) is 4.79 Å². The first-order valence-electron chi connectivity index (χ1n) is 8.81. The zero-order chi connectivity index (χ0) is 19.0. The molecule has 1 N–H and O–H groups in total. The lowest BCUT2D eigenvalue weighted by molar-refractivity contribution is 0.102. The van der Waals surface area contributed by atoms with Crippen molar-refractivity contribution in [2.75, 3.05) is 19.0 Å². The maximum absolute atomic E-state index is 12.7. The van der Waals surface area contributed by atoms with E-state index < -0.39 is 0 Å². The summed E-state index contributed by atoms with van der Waals surface area (Å²) >= 11 is 3.44. The molecule has 1 amide bonds. The summed E-state index contributed by atoms with van der Waals surface area (Å²) in [6.45, 7) is 2.39. The monoisotopic (exact) mass is 430 g/mol. The molecule has 0 aliphatic heterocycles. The molecule has 1 fully saturated rings. The van der Waals surface area contributed by atoms with Gasteiger partial charge >= 0.3 is 0 Å². The van der Waals surface area contributed by atoms with Crippen molar-refractivity contribution in [1.29, 1.82) is 0 Å². The minimum Gasteiger partial charge on any atom is -0.493 e. The van der Waals surface area contributed by atoms with Gasteiger partial charge in [-0.2, -0.15) is 0 Å². The third-order valence-corrected chi connectivity index (χ3v) is 4.96. The number of aromatic nitrogens is 1. The van der Waals surface area contributed by atoms with E-state index in [1.54, 1.807) is 19.2 Å². The predicted molar refractivity (Wildman–Crippen MR) is 106 cm³/mol. The summed E-state index contributed by atoms with van der Waals surface area (Å²) in [6, 6.07) is 8.83. The molecule has 1 aromatic heterocycles. The molecule has 0 radical (unpaired) electrons. The lowest BCUT2D eigenvalue weighted by Gasteiger charge is -2.13. The van der Waals surface area contributed by atoms with Crippen molar-refractivity contribution in [2.24, 2.45) is 0 Å². The molecule has 6 nitrogen and oxygen atoms in total. The van der Waals surface area contributed by atoms with Gasteiger partial charge in [0.15, 0.2) is 23.0 Å². The number of nitrogens with zero attached hydrogens (tertiary/aromatic N) is 1. The van der Waals surface area contributed by atoms with Gasteiger partial charge in [-0.15, -0.1) is 0 Å². The topological polar surface area (TPSA) is 73.6 Å². The number of hydrogen-bond donors (Lipinski definition) is 1. The molecule has 7 heteroatoms. The highest BCUT2D eigenvalue weighted by Crippen LogP contribution is 2.41. The summed E-state index contributed by atoms with van der Waals surface area (Å²) in [6.07, 6.45) is 2.26. The van der Waals surface area contributed by atoms with Gasteiger partial charge in [0.05, 0.1) is 18.2 Å². The molecule has 1 saturated carbocycles. The van der Waals surface area contributed by atoms with Crippen LogP contribution in [0.25, 0.3) is 11.1 Å². The molecule has 1 heterocycles. The van der Waals surface area contributed by atoms with Crippen LogP contribution in [0.3, 0.4) is 0 Å². The van der Waals surface area contributed by atoms with Crippen molar-refractivity contribution in [3.8, 4) is 11.5 Å². The van der Waals surface area contributed by atoms with E-state index in [1.807, 2.05) is 25.1 Å². The first-order chi connectivity index (χ1) is 13.1. The Bertz CT molecular complexity index is 1010. The molecule has 4 rings (SSSR count). The van der Waals surface area contributed by atoms with E-state index in [0.717, 1.165) is 29.8 Å². The maximum atomic E-state index is 12.7. The first kappa shape index (κ1) is 17.9. The van der Waals surface area contributed by atoms with Crippen LogP contribution >= 0.6 is 15.9 Å². The maximum Gasteiger partial charge on any atom is 0.255 e. The standard InChI is InChI=1S/C20H19BrN2O4/c1-3-26-18-14(21)8-12(9-17(18)25-2)19(24)22-13-6-7-16-15(10-13)23-20(27-16)11-4-5-11/h6-11H,3-5H2,1-2H3,(H,22,24). The molecule has 1 aliphatic carbocycles. The van der Waals surface area contributed by atoms with Crippen LogP contribution in [0, 0.1) is 0 Å². The smallest absolute Gasteiger partial charge is 0.255 e. The average Bonchev–Trinajstić information content (AvgIpc) is 3.42. The van der Waals surface area contributed by atoms with Crippen molar-refractivity contribution >= 4 is 38.6 Å². The first-order valence-corrected chi connectivity index (χ1v) is 9.60. The van der Waals surface area contributed by atoms with Gasteiger partial charge in [0.25, 0.3) is 5.91 Å². The highest BCUT2D eigenvalue weighted by atomic mass is 79.9. The van der Waals surface area contributed by atoms with E-state index in [4.69, 9.17) is 13.9 Å². The van der Waals surface area contributed by atoms with Crippen molar-refractivity contribution in [3.63, 3.8) is 0 Å². The number of rotatable bonds is 6. The fourth-order valence-corrected chi connectivity index (χ4v) is 3.42. The number of halogens is 1. The second-order valence-corrected chi connectivity index (χ2v) is 7.24. The zero-order valence-electron chi connectivity index (χ0n) is 15.0. The van der Waals surface area contributed by atoms with Gasteiger partial charge in [-0.1, -0.05) is 0 Å². The van der Waals surface area contributed by atoms with Crippen molar-refractivity contribution in [3.05, 3.63) is 46.3 Å². The van der Waals surface area contributed by atoms with Gasteiger partial charge in [-0.05, 0) is 66.0 Å². The lowest BCUT2D eigenvalue weighted by Crippen LogP contribution is -2.12. The molecular weight excluding hydrogens is 412 g/mol. The Kier molecular flexibility index (Phi) is 4.78. The van der Waals surface area contributed by atoms with Gasteiger partial charge in [0.2, 0.25) is 0 Å². The average molecular weight is 431 g/mol. The SMILES string of the molecule is CCOc1c(Br)cc(C(=O)Nc2ccc3oc(C4CC4)nc3c2)cc1OC. The Labute approximate surface area is 165 Å².